The van der Waals surface area contributed by atoms with Crippen molar-refractivity contribution in [3.63, 3.8) is 0 Å². The quantitative estimate of drug-likeness (QED) is 0.608. The number of fused-ring (bicyclic) bond motifs is 1. The number of aromatic nitrogens is 1. The second kappa shape index (κ2) is 2.23. The largest absolute Gasteiger partial charge is 0.383 e. The third-order valence-corrected chi connectivity index (χ3v) is 1.55. The zero-order valence-electron chi connectivity index (χ0n) is 5.91. The molecule has 2 heteroatoms. The van der Waals surface area contributed by atoms with Crippen molar-refractivity contribution in [2.45, 2.75) is 0 Å². The number of anilines is 1. The predicted molar refractivity (Wildman–Crippen MR) is 45.0 cm³/mol. The van der Waals surface area contributed by atoms with Crippen LogP contribution in [-0.2, 0) is 0 Å². The summed E-state index contributed by atoms with van der Waals surface area (Å²) in [5, 5.41) is 1.07. The van der Waals surface area contributed by atoms with E-state index in [0.717, 1.165) is 10.9 Å². The van der Waals surface area contributed by atoms with E-state index < -0.39 is 0 Å². The molecule has 11 heavy (non-hydrogen) atoms. The first kappa shape index (κ1) is 6.16. The Balaban J connectivity index is 2.83. The number of benzene rings is 1. The summed E-state index contributed by atoms with van der Waals surface area (Å²) >= 11 is 0. The number of hydrogen-bond donors (Lipinski definition) is 1. The summed E-state index contributed by atoms with van der Waals surface area (Å²) in [5.74, 6) is 0.448. The van der Waals surface area contributed by atoms with Gasteiger partial charge in [-0.25, -0.2) is 4.98 Å². The molecule has 1 heterocycles. The highest BCUT2D eigenvalue weighted by Crippen LogP contribution is 2.11. The lowest BCUT2D eigenvalue weighted by atomic mass is 10.2. The van der Waals surface area contributed by atoms with E-state index in [9.17, 15) is 0 Å². The van der Waals surface area contributed by atoms with E-state index in [2.05, 4.69) is 11.1 Å². The molecule has 0 bridgehead atoms. The number of nitrogen functional groups attached to an aromatic ring is 1. The molecule has 0 aliphatic carbocycles. The SMILES string of the molecule is Nc1[c]cc2ccccc2n1. The van der Waals surface area contributed by atoms with Gasteiger partial charge in [0.25, 0.3) is 0 Å². The zero-order valence-corrected chi connectivity index (χ0v) is 5.91. The molecule has 0 saturated carbocycles. The molecule has 0 aliphatic rings. The van der Waals surface area contributed by atoms with Crippen molar-refractivity contribution in [3.05, 3.63) is 36.4 Å². The number of hydrogen-bond acceptors (Lipinski definition) is 2. The van der Waals surface area contributed by atoms with Crippen LogP contribution in [0.15, 0.2) is 30.3 Å². The van der Waals surface area contributed by atoms with Crippen molar-refractivity contribution >= 4 is 16.7 Å². The first-order valence-electron chi connectivity index (χ1n) is 3.39. The van der Waals surface area contributed by atoms with Gasteiger partial charge in [0.2, 0.25) is 0 Å². The summed E-state index contributed by atoms with van der Waals surface area (Å²) in [4.78, 5) is 4.10. The summed E-state index contributed by atoms with van der Waals surface area (Å²) in [6.07, 6.45) is 0. The minimum atomic E-state index is 0.448. The minimum Gasteiger partial charge on any atom is -0.383 e. The lowest BCUT2D eigenvalue weighted by molar-refractivity contribution is 1.41. The smallest absolute Gasteiger partial charge is 0.132 e. The number of rotatable bonds is 0. The molecule has 1 aromatic carbocycles. The van der Waals surface area contributed by atoms with E-state index >= 15 is 0 Å². The molecule has 1 aromatic heterocycles. The fraction of sp³-hybridized carbons (Fsp3) is 0. The summed E-state index contributed by atoms with van der Waals surface area (Å²) in [6, 6.07) is 12.5. The fourth-order valence-corrected chi connectivity index (χ4v) is 1.03. The molecule has 0 amide bonds. The highest BCUT2D eigenvalue weighted by Gasteiger charge is 1.92. The molecule has 2 rings (SSSR count). The molecule has 2 nitrogen and oxygen atoms in total. The Morgan fingerprint density at radius 1 is 1.27 bits per heavy atom. The van der Waals surface area contributed by atoms with Crippen LogP contribution >= 0.6 is 0 Å². The minimum absolute atomic E-state index is 0.448. The van der Waals surface area contributed by atoms with Gasteiger partial charge in [-0.15, -0.1) is 0 Å². The molecule has 2 N–H and O–H groups in total. The average Bonchev–Trinajstić information content (AvgIpc) is 2.04. The van der Waals surface area contributed by atoms with Gasteiger partial charge >= 0.3 is 0 Å². The standard InChI is InChI=1S/C9H7N2/c10-9-6-5-7-3-1-2-4-8(7)11-9/h1-5H,(H2,10,11). The van der Waals surface area contributed by atoms with Gasteiger partial charge in [0.15, 0.2) is 0 Å². The monoisotopic (exact) mass is 143 g/mol. The number of nitrogens with zero attached hydrogens (tertiary/aromatic N) is 1. The fourth-order valence-electron chi connectivity index (χ4n) is 1.03. The van der Waals surface area contributed by atoms with Crippen LogP contribution in [-0.4, -0.2) is 4.98 Å². The molecule has 1 radical (unpaired) electrons. The van der Waals surface area contributed by atoms with Crippen molar-refractivity contribution in [3.8, 4) is 0 Å². The van der Waals surface area contributed by atoms with Crippen molar-refractivity contribution in [1.82, 2.24) is 4.98 Å². The van der Waals surface area contributed by atoms with Crippen LogP contribution in [0.25, 0.3) is 10.9 Å². The average molecular weight is 143 g/mol. The predicted octanol–water partition coefficient (Wildman–Crippen LogP) is 1.62. The van der Waals surface area contributed by atoms with Crippen molar-refractivity contribution < 1.29 is 0 Å². The molecule has 0 saturated heterocycles. The highest BCUT2D eigenvalue weighted by atomic mass is 14.8. The lowest BCUT2D eigenvalue weighted by Gasteiger charge is -1.95. The highest BCUT2D eigenvalue weighted by molar-refractivity contribution is 5.79. The van der Waals surface area contributed by atoms with E-state index in [4.69, 9.17) is 5.73 Å². The summed E-state index contributed by atoms with van der Waals surface area (Å²) in [5.41, 5.74) is 6.38. The van der Waals surface area contributed by atoms with Gasteiger partial charge in [-0.2, -0.15) is 0 Å². The Bertz CT molecular complexity index is 382. The van der Waals surface area contributed by atoms with Crippen molar-refractivity contribution in [2.75, 3.05) is 5.73 Å². The zero-order chi connectivity index (χ0) is 7.68. The normalized spacial score (nSPS) is 10.2. The van der Waals surface area contributed by atoms with E-state index in [1.54, 1.807) is 0 Å². The second-order valence-electron chi connectivity index (χ2n) is 2.34. The topological polar surface area (TPSA) is 38.9 Å². The van der Waals surface area contributed by atoms with Crippen LogP contribution in [0, 0.1) is 6.07 Å². The molecular formula is C9H7N2. The van der Waals surface area contributed by atoms with E-state index in [-0.39, 0.29) is 0 Å². The molecule has 0 atom stereocenters. The van der Waals surface area contributed by atoms with Gasteiger partial charge in [-0.3, -0.25) is 0 Å². The molecule has 2 aromatic rings. The van der Waals surface area contributed by atoms with Gasteiger partial charge in [-0.1, -0.05) is 18.2 Å². The maximum atomic E-state index is 5.46. The van der Waals surface area contributed by atoms with Gasteiger partial charge < -0.3 is 5.73 Å². The molecule has 53 valence electrons. The molecular weight excluding hydrogens is 136 g/mol. The number of nitrogens with two attached hydrogens (primary N) is 1. The summed E-state index contributed by atoms with van der Waals surface area (Å²) in [6.45, 7) is 0. The molecule has 0 aliphatic heterocycles. The van der Waals surface area contributed by atoms with E-state index in [0.29, 0.717) is 5.82 Å². The Morgan fingerprint density at radius 3 is 3.00 bits per heavy atom. The Hall–Kier alpha value is -1.57. The van der Waals surface area contributed by atoms with Gasteiger partial charge in [0.05, 0.1) is 5.52 Å². The van der Waals surface area contributed by atoms with Crippen LogP contribution in [0.4, 0.5) is 5.82 Å². The second-order valence-corrected chi connectivity index (χ2v) is 2.34. The summed E-state index contributed by atoms with van der Waals surface area (Å²) in [7, 11) is 0. The van der Waals surface area contributed by atoms with Gasteiger partial charge in [0.1, 0.15) is 5.82 Å². The molecule has 0 fully saturated rings. The van der Waals surface area contributed by atoms with Crippen LogP contribution in [0.2, 0.25) is 0 Å². The summed E-state index contributed by atoms with van der Waals surface area (Å²) < 4.78 is 0. The number of para-hydroxylation sites is 1. The number of pyridine rings is 1. The van der Waals surface area contributed by atoms with Gasteiger partial charge in [0, 0.05) is 11.5 Å². The third-order valence-electron chi connectivity index (χ3n) is 1.55. The van der Waals surface area contributed by atoms with Crippen molar-refractivity contribution in [1.29, 1.82) is 0 Å². The first-order valence-corrected chi connectivity index (χ1v) is 3.39. The van der Waals surface area contributed by atoms with E-state index in [1.807, 2.05) is 30.3 Å². The maximum absolute atomic E-state index is 5.46. The van der Waals surface area contributed by atoms with Crippen LogP contribution in [0.1, 0.15) is 0 Å². The van der Waals surface area contributed by atoms with Gasteiger partial charge in [-0.05, 0) is 12.1 Å². The van der Waals surface area contributed by atoms with Crippen LogP contribution in [0.3, 0.4) is 0 Å². The maximum Gasteiger partial charge on any atom is 0.132 e. The van der Waals surface area contributed by atoms with E-state index in [1.165, 1.54) is 0 Å². The molecule has 0 spiro atoms. The third kappa shape index (κ3) is 1.03. The molecule has 0 unspecified atom stereocenters. The lowest BCUT2D eigenvalue weighted by Crippen LogP contribution is -1.89. The Labute approximate surface area is 64.7 Å². The van der Waals surface area contributed by atoms with Crippen LogP contribution in [0.5, 0.6) is 0 Å². The Morgan fingerprint density at radius 2 is 2.09 bits per heavy atom. The van der Waals surface area contributed by atoms with Crippen LogP contribution < -0.4 is 5.73 Å². The Kier molecular flexibility index (Phi) is 1.25. The first-order chi connectivity index (χ1) is 5.36. The van der Waals surface area contributed by atoms with Crippen molar-refractivity contribution in [2.24, 2.45) is 0 Å².